The molecule has 9 heteroatoms. The van der Waals surface area contributed by atoms with E-state index in [-0.39, 0.29) is 24.3 Å². The summed E-state index contributed by atoms with van der Waals surface area (Å²) in [5, 5.41) is 9.11. The predicted octanol–water partition coefficient (Wildman–Crippen LogP) is 5.20. The molecule has 0 bridgehead atoms. The van der Waals surface area contributed by atoms with Crippen LogP contribution in [-0.4, -0.2) is 42.0 Å². The molecule has 37 heavy (non-hydrogen) atoms. The third kappa shape index (κ3) is 4.91. The van der Waals surface area contributed by atoms with Gasteiger partial charge in [-0.25, -0.2) is 9.37 Å². The van der Waals surface area contributed by atoms with E-state index in [4.69, 9.17) is 28.8 Å². The normalized spacial score (nSPS) is 21.7. The number of aromatic nitrogens is 1. The van der Waals surface area contributed by atoms with E-state index < -0.39 is 12.1 Å². The maximum Gasteiger partial charge on any atom is 0.304 e. The van der Waals surface area contributed by atoms with E-state index in [2.05, 4.69) is 4.98 Å². The van der Waals surface area contributed by atoms with Crippen LogP contribution in [0, 0.1) is 5.82 Å². The molecule has 1 aliphatic carbocycles. The number of nitrogens with zero attached hydrogens (tertiary/aromatic N) is 1. The van der Waals surface area contributed by atoms with Crippen LogP contribution in [0.1, 0.15) is 48.0 Å². The second kappa shape index (κ2) is 9.89. The third-order valence-corrected chi connectivity index (χ3v) is 6.91. The van der Waals surface area contributed by atoms with Gasteiger partial charge in [-0.3, -0.25) is 4.79 Å². The lowest BCUT2D eigenvalue weighted by Crippen LogP contribution is -2.16. The Morgan fingerprint density at radius 3 is 2.84 bits per heavy atom. The van der Waals surface area contributed by atoms with Gasteiger partial charge >= 0.3 is 5.97 Å². The molecule has 0 saturated carbocycles. The smallest absolute Gasteiger partial charge is 0.304 e. The first-order valence-electron chi connectivity index (χ1n) is 12.4. The fraction of sp³-hybridized carbons (Fsp3) is 0.357. The van der Waals surface area contributed by atoms with Crippen molar-refractivity contribution in [1.82, 2.24) is 4.98 Å². The Hall–Kier alpha value is -3.85. The summed E-state index contributed by atoms with van der Waals surface area (Å²) in [5.41, 5.74) is 2.10. The standard InChI is InChI=1S/C28H26FNO7/c29-22-4-6-23(35-18-7-9-30-26(13-18)37-19-8-10-33-15-19)21-3-5-24(28(21)22)36-17-1-2-20-16(11-27(31)32)14-34-25(20)12-17/h1-2,4,6-7,9,12-13,16,19,24H,3,5,8,10-11,14-15H2,(H,31,32)/t16?,19-,24+/m0/s1. The molecule has 2 aromatic carbocycles. The van der Waals surface area contributed by atoms with Gasteiger partial charge in [0.05, 0.1) is 26.2 Å². The lowest BCUT2D eigenvalue weighted by atomic mass is 9.98. The summed E-state index contributed by atoms with van der Waals surface area (Å²) in [6.45, 7) is 1.54. The Balaban J connectivity index is 1.19. The van der Waals surface area contributed by atoms with Gasteiger partial charge in [0, 0.05) is 47.4 Å². The molecule has 1 aromatic heterocycles. The zero-order chi connectivity index (χ0) is 25.4. The number of rotatable bonds is 8. The van der Waals surface area contributed by atoms with E-state index >= 15 is 0 Å². The molecule has 1 unspecified atom stereocenters. The van der Waals surface area contributed by atoms with Crippen molar-refractivity contribution in [2.24, 2.45) is 0 Å². The molecule has 0 amide bonds. The molecule has 8 nitrogen and oxygen atoms in total. The Labute approximate surface area is 212 Å². The minimum absolute atomic E-state index is 0.0112. The zero-order valence-corrected chi connectivity index (χ0v) is 20.0. The van der Waals surface area contributed by atoms with Gasteiger partial charge in [-0.05, 0) is 37.1 Å². The summed E-state index contributed by atoms with van der Waals surface area (Å²) in [6, 6.07) is 11.9. The van der Waals surface area contributed by atoms with Crippen molar-refractivity contribution >= 4 is 5.97 Å². The van der Waals surface area contributed by atoms with Gasteiger partial charge in [-0.1, -0.05) is 6.07 Å². The van der Waals surface area contributed by atoms with Gasteiger partial charge in [0.15, 0.2) is 0 Å². The number of hydrogen-bond acceptors (Lipinski definition) is 7. The van der Waals surface area contributed by atoms with Crippen LogP contribution in [0.3, 0.4) is 0 Å². The van der Waals surface area contributed by atoms with Gasteiger partial charge in [0.25, 0.3) is 0 Å². The second-order valence-electron chi connectivity index (χ2n) is 9.42. The first-order valence-corrected chi connectivity index (χ1v) is 12.4. The van der Waals surface area contributed by atoms with Crippen molar-refractivity contribution in [3.63, 3.8) is 0 Å². The largest absolute Gasteiger partial charge is 0.492 e. The molecular formula is C28H26FNO7. The topological polar surface area (TPSA) is 96.3 Å². The maximum atomic E-state index is 15.0. The number of pyridine rings is 1. The number of carbonyl (C=O) groups is 1. The quantitative estimate of drug-likeness (QED) is 0.445. The van der Waals surface area contributed by atoms with Crippen LogP contribution in [0.4, 0.5) is 4.39 Å². The van der Waals surface area contributed by atoms with Gasteiger partial charge in [-0.2, -0.15) is 0 Å². The minimum Gasteiger partial charge on any atom is -0.492 e. The summed E-state index contributed by atoms with van der Waals surface area (Å²) in [4.78, 5) is 15.4. The maximum absolute atomic E-state index is 15.0. The van der Waals surface area contributed by atoms with E-state index in [1.165, 1.54) is 6.07 Å². The van der Waals surface area contributed by atoms with E-state index in [0.29, 0.717) is 67.1 Å². The summed E-state index contributed by atoms with van der Waals surface area (Å²) in [7, 11) is 0. The molecule has 3 atom stereocenters. The van der Waals surface area contributed by atoms with Gasteiger partial charge < -0.3 is 28.8 Å². The Morgan fingerprint density at radius 1 is 1.08 bits per heavy atom. The number of aliphatic carboxylic acids is 1. The highest BCUT2D eigenvalue weighted by atomic mass is 19.1. The molecule has 1 N–H and O–H groups in total. The lowest BCUT2D eigenvalue weighted by Gasteiger charge is -2.17. The van der Waals surface area contributed by atoms with Gasteiger partial charge in [-0.15, -0.1) is 0 Å². The van der Waals surface area contributed by atoms with Crippen molar-refractivity contribution in [1.29, 1.82) is 0 Å². The third-order valence-electron chi connectivity index (χ3n) is 6.91. The van der Waals surface area contributed by atoms with Crippen molar-refractivity contribution in [2.75, 3.05) is 19.8 Å². The van der Waals surface area contributed by atoms with Crippen LogP contribution in [0.5, 0.6) is 28.9 Å². The number of hydrogen-bond donors (Lipinski definition) is 1. The fourth-order valence-corrected chi connectivity index (χ4v) is 5.15. The van der Waals surface area contributed by atoms with Gasteiger partial charge in [0.1, 0.15) is 41.0 Å². The molecule has 0 spiro atoms. The summed E-state index contributed by atoms with van der Waals surface area (Å²) < 4.78 is 44.2. The molecular weight excluding hydrogens is 481 g/mol. The predicted molar refractivity (Wildman–Crippen MR) is 129 cm³/mol. The SMILES string of the molecule is O=C(O)CC1COc2cc(O[C@@H]3CCc4c(Oc5ccnc(O[C@H]6CCOC6)c5)ccc(F)c43)ccc21. The Morgan fingerprint density at radius 2 is 2.00 bits per heavy atom. The van der Waals surface area contributed by atoms with Gasteiger partial charge in [0.2, 0.25) is 5.88 Å². The van der Waals surface area contributed by atoms with Crippen molar-refractivity contribution in [3.05, 3.63) is 71.2 Å². The molecule has 1 saturated heterocycles. The molecule has 3 heterocycles. The Kier molecular flexibility index (Phi) is 6.30. The highest BCUT2D eigenvalue weighted by molar-refractivity contribution is 5.68. The van der Waals surface area contributed by atoms with Crippen LogP contribution in [-0.2, 0) is 16.0 Å². The van der Waals surface area contributed by atoms with Crippen LogP contribution >= 0.6 is 0 Å². The number of carboxylic acids is 1. The average molecular weight is 508 g/mol. The second-order valence-corrected chi connectivity index (χ2v) is 9.42. The summed E-state index contributed by atoms with van der Waals surface area (Å²) in [5.74, 6) is 1.34. The lowest BCUT2D eigenvalue weighted by molar-refractivity contribution is -0.137. The molecule has 192 valence electrons. The molecule has 6 rings (SSSR count). The number of ether oxygens (including phenoxy) is 5. The van der Waals surface area contributed by atoms with E-state index in [1.54, 1.807) is 36.5 Å². The molecule has 3 aromatic rings. The average Bonchev–Trinajstić information content (AvgIpc) is 3.63. The van der Waals surface area contributed by atoms with Crippen LogP contribution in [0.15, 0.2) is 48.7 Å². The van der Waals surface area contributed by atoms with E-state index in [0.717, 1.165) is 17.5 Å². The van der Waals surface area contributed by atoms with Crippen molar-refractivity contribution in [3.8, 4) is 28.9 Å². The fourth-order valence-electron chi connectivity index (χ4n) is 5.15. The van der Waals surface area contributed by atoms with Crippen LogP contribution in [0.25, 0.3) is 0 Å². The number of carboxylic acid groups (broad SMARTS) is 1. The zero-order valence-electron chi connectivity index (χ0n) is 20.0. The molecule has 0 radical (unpaired) electrons. The van der Waals surface area contributed by atoms with Crippen molar-refractivity contribution < 1.29 is 38.0 Å². The monoisotopic (exact) mass is 507 g/mol. The van der Waals surface area contributed by atoms with Crippen molar-refractivity contribution in [2.45, 2.75) is 43.8 Å². The molecule has 3 aliphatic rings. The van der Waals surface area contributed by atoms with E-state index in [1.807, 2.05) is 6.07 Å². The molecule has 2 aliphatic heterocycles. The van der Waals surface area contributed by atoms with Crippen LogP contribution < -0.4 is 18.9 Å². The highest BCUT2D eigenvalue weighted by Crippen LogP contribution is 2.44. The number of benzene rings is 2. The Bertz CT molecular complexity index is 1320. The summed E-state index contributed by atoms with van der Waals surface area (Å²) in [6.07, 6.45) is 3.14. The highest BCUT2D eigenvalue weighted by Gasteiger charge is 2.32. The minimum atomic E-state index is -0.864. The van der Waals surface area contributed by atoms with Crippen LogP contribution in [0.2, 0.25) is 0 Å². The summed E-state index contributed by atoms with van der Waals surface area (Å²) >= 11 is 0. The van der Waals surface area contributed by atoms with E-state index in [9.17, 15) is 9.18 Å². The number of fused-ring (bicyclic) bond motifs is 2. The number of halogens is 1. The first-order chi connectivity index (χ1) is 18.0. The molecule has 1 fully saturated rings. The first kappa shape index (κ1) is 23.5.